The van der Waals surface area contributed by atoms with Crippen molar-refractivity contribution in [3.63, 3.8) is 0 Å². The molecule has 2 rings (SSSR count). The standard InChI is InChI=1S/C16H16BrNO3S/c1-9(2)7-11-8-22-15(13(11)16(20)21)18-14(19)10-3-5-12(17)6-4-10/h3-6,8-9H,7H2,1-2H3,(H,18,19)(H,20,21)/p-1. The molecule has 116 valence electrons. The molecule has 1 N–H and O–H groups in total. The summed E-state index contributed by atoms with van der Waals surface area (Å²) in [7, 11) is 0. The summed E-state index contributed by atoms with van der Waals surface area (Å²) in [4.78, 5) is 23.6. The number of nitrogens with one attached hydrogen (secondary N) is 1. The molecule has 6 heteroatoms. The molecule has 0 radical (unpaired) electrons. The summed E-state index contributed by atoms with van der Waals surface area (Å²) < 4.78 is 0.870. The first-order valence-corrected chi connectivity index (χ1v) is 8.44. The number of hydrogen-bond acceptors (Lipinski definition) is 4. The van der Waals surface area contributed by atoms with Gasteiger partial charge in [0, 0.05) is 15.6 Å². The molecule has 22 heavy (non-hydrogen) atoms. The van der Waals surface area contributed by atoms with Crippen LogP contribution < -0.4 is 10.4 Å². The van der Waals surface area contributed by atoms with Crippen molar-refractivity contribution in [3.8, 4) is 0 Å². The van der Waals surface area contributed by atoms with E-state index < -0.39 is 5.97 Å². The maximum Gasteiger partial charge on any atom is 0.256 e. The molecule has 0 saturated carbocycles. The minimum Gasteiger partial charge on any atom is -0.545 e. The zero-order valence-electron chi connectivity index (χ0n) is 12.2. The van der Waals surface area contributed by atoms with E-state index in [9.17, 15) is 14.7 Å². The van der Waals surface area contributed by atoms with Gasteiger partial charge in [-0.15, -0.1) is 11.3 Å². The quantitative estimate of drug-likeness (QED) is 0.864. The van der Waals surface area contributed by atoms with Gasteiger partial charge in [0.1, 0.15) is 5.00 Å². The lowest BCUT2D eigenvalue weighted by Crippen LogP contribution is -2.25. The van der Waals surface area contributed by atoms with Crippen LogP contribution in [0.3, 0.4) is 0 Å². The fourth-order valence-electron chi connectivity index (χ4n) is 2.08. The predicted octanol–water partition coefficient (Wildman–Crippen LogP) is 3.32. The Labute approximate surface area is 141 Å². The van der Waals surface area contributed by atoms with Crippen LogP contribution in [0.5, 0.6) is 0 Å². The lowest BCUT2D eigenvalue weighted by molar-refractivity contribution is -0.254. The lowest BCUT2D eigenvalue weighted by Gasteiger charge is -2.11. The third kappa shape index (κ3) is 3.96. The van der Waals surface area contributed by atoms with Crippen LogP contribution in [0.4, 0.5) is 5.00 Å². The third-order valence-corrected chi connectivity index (χ3v) is 4.51. The van der Waals surface area contributed by atoms with Crippen LogP contribution in [0.25, 0.3) is 0 Å². The Morgan fingerprint density at radius 3 is 2.45 bits per heavy atom. The highest BCUT2D eigenvalue weighted by molar-refractivity contribution is 9.10. The summed E-state index contributed by atoms with van der Waals surface area (Å²) in [5.41, 5.74) is 1.25. The highest BCUT2D eigenvalue weighted by Crippen LogP contribution is 2.30. The second-order valence-electron chi connectivity index (χ2n) is 5.31. The van der Waals surface area contributed by atoms with E-state index in [1.807, 2.05) is 13.8 Å². The first-order valence-electron chi connectivity index (χ1n) is 6.77. The fraction of sp³-hybridized carbons (Fsp3) is 0.250. The Hall–Kier alpha value is -1.66. The summed E-state index contributed by atoms with van der Waals surface area (Å²) in [5, 5.41) is 16.1. The lowest BCUT2D eigenvalue weighted by atomic mass is 10.0. The van der Waals surface area contributed by atoms with Crippen molar-refractivity contribution in [1.29, 1.82) is 0 Å². The molecule has 0 atom stereocenters. The van der Waals surface area contributed by atoms with Crippen LogP contribution in [0.1, 0.15) is 40.1 Å². The first kappa shape index (κ1) is 16.7. The summed E-state index contributed by atoms with van der Waals surface area (Å²) in [6.07, 6.45) is 0.633. The minimum absolute atomic E-state index is 0.0872. The van der Waals surface area contributed by atoms with Crippen molar-refractivity contribution < 1.29 is 14.7 Å². The summed E-state index contributed by atoms with van der Waals surface area (Å²) in [6.45, 7) is 4.02. The van der Waals surface area contributed by atoms with Crippen LogP contribution in [0.15, 0.2) is 34.1 Å². The van der Waals surface area contributed by atoms with Crippen molar-refractivity contribution in [2.75, 3.05) is 5.32 Å². The predicted molar refractivity (Wildman–Crippen MR) is 89.3 cm³/mol. The Kier molecular flexibility index (Phi) is 5.37. The zero-order valence-corrected chi connectivity index (χ0v) is 14.6. The number of benzene rings is 1. The topological polar surface area (TPSA) is 69.2 Å². The third-order valence-electron chi connectivity index (χ3n) is 3.03. The van der Waals surface area contributed by atoms with E-state index in [1.165, 1.54) is 11.3 Å². The molecule has 0 spiro atoms. The number of rotatable bonds is 5. The minimum atomic E-state index is -1.26. The smallest absolute Gasteiger partial charge is 0.256 e. The second kappa shape index (κ2) is 7.07. The van der Waals surface area contributed by atoms with E-state index in [2.05, 4.69) is 21.2 Å². The van der Waals surface area contributed by atoms with Crippen LogP contribution >= 0.6 is 27.3 Å². The molecule has 1 aromatic carbocycles. The number of carbonyl (C=O) groups excluding carboxylic acids is 2. The van der Waals surface area contributed by atoms with E-state index in [0.29, 0.717) is 28.5 Å². The number of aromatic carboxylic acids is 1. The maximum absolute atomic E-state index is 12.2. The molecular formula is C16H15BrNO3S-. The van der Waals surface area contributed by atoms with Gasteiger partial charge in [-0.05, 0) is 47.5 Å². The van der Waals surface area contributed by atoms with E-state index in [-0.39, 0.29) is 11.5 Å². The number of halogens is 1. The summed E-state index contributed by atoms with van der Waals surface area (Å²) in [5.74, 6) is -1.28. The number of thiophene rings is 1. The fourth-order valence-corrected chi connectivity index (χ4v) is 3.30. The Bertz CT molecular complexity index is 692. The molecular weight excluding hydrogens is 366 g/mol. The van der Waals surface area contributed by atoms with Crippen LogP contribution in [0.2, 0.25) is 0 Å². The Morgan fingerprint density at radius 2 is 1.91 bits per heavy atom. The second-order valence-corrected chi connectivity index (χ2v) is 7.11. The maximum atomic E-state index is 12.2. The number of carbonyl (C=O) groups is 2. The van der Waals surface area contributed by atoms with E-state index in [0.717, 1.165) is 4.47 Å². The van der Waals surface area contributed by atoms with Gasteiger partial charge in [0.15, 0.2) is 0 Å². The number of anilines is 1. The molecule has 0 aliphatic heterocycles. The van der Waals surface area contributed by atoms with Gasteiger partial charge in [-0.3, -0.25) is 4.79 Å². The van der Waals surface area contributed by atoms with Gasteiger partial charge < -0.3 is 15.2 Å². The van der Waals surface area contributed by atoms with Gasteiger partial charge in [-0.1, -0.05) is 29.8 Å². The van der Waals surface area contributed by atoms with E-state index >= 15 is 0 Å². The van der Waals surface area contributed by atoms with Gasteiger partial charge in [-0.25, -0.2) is 0 Å². The number of carboxylic acids is 1. The van der Waals surface area contributed by atoms with Crippen molar-refractivity contribution in [2.45, 2.75) is 20.3 Å². The highest BCUT2D eigenvalue weighted by Gasteiger charge is 2.16. The van der Waals surface area contributed by atoms with Crippen molar-refractivity contribution in [3.05, 3.63) is 50.8 Å². The molecule has 0 unspecified atom stereocenters. The SMILES string of the molecule is CC(C)Cc1csc(NC(=O)c2ccc(Br)cc2)c1C(=O)[O-]. The first-order chi connectivity index (χ1) is 10.4. The molecule has 1 amide bonds. The average molecular weight is 381 g/mol. The molecule has 2 aromatic rings. The molecule has 1 heterocycles. The van der Waals surface area contributed by atoms with Crippen LogP contribution in [-0.4, -0.2) is 11.9 Å². The van der Waals surface area contributed by atoms with Crippen molar-refractivity contribution >= 4 is 44.1 Å². The Balaban J connectivity index is 2.25. The van der Waals surface area contributed by atoms with Crippen LogP contribution in [0, 0.1) is 5.92 Å². The average Bonchev–Trinajstić information content (AvgIpc) is 2.81. The van der Waals surface area contributed by atoms with Gasteiger partial charge in [0.05, 0.1) is 5.97 Å². The molecule has 4 nitrogen and oxygen atoms in total. The molecule has 0 saturated heterocycles. The largest absolute Gasteiger partial charge is 0.545 e. The number of amides is 1. The van der Waals surface area contributed by atoms with E-state index in [4.69, 9.17) is 0 Å². The molecule has 0 bridgehead atoms. The molecule has 0 fully saturated rings. The highest BCUT2D eigenvalue weighted by atomic mass is 79.9. The Morgan fingerprint density at radius 1 is 1.27 bits per heavy atom. The van der Waals surface area contributed by atoms with Gasteiger partial charge in [0.2, 0.25) is 0 Å². The van der Waals surface area contributed by atoms with Crippen LogP contribution in [-0.2, 0) is 6.42 Å². The van der Waals surface area contributed by atoms with E-state index in [1.54, 1.807) is 29.6 Å². The molecule has 0 aliphatic carbocycles. The molecule has 0 aliphatic rings. The normalized spacial score (nSPS) is 10.7. The summed E-state index contributed by atoms with van der Waals surface area (Å²) in [6, 6.07) is 6.85. The summed E-state index contributed by atoms with van der Waals surface area (Å²) >= 11 is 4.51. The monoisotopic (exact) mass is 380 g/mol. The zero-order chi connectivity index (χ0) is 16.3. The number of hydrogen-bond donors (Lipinski definition) is 1. The van der Waals surface area contributed by atoms with Crippen molar-refractivity contribution in [2.24, 2.45) is 5.92 Å². The number of carboxylic acid groups (broad SMARTS) is 1. The van der Waals surface area contributed by atoms with Gasteiger partial charge in [0.25, 0.3) is 5.91 Å². The van der Waals surface area contributed by atoms with Crippen molar-refractivity contribution in [1.82, 2.24) is 0 Å². The van der Waals surface area contributed by atoms with Gasteiger partial charge >= 0.3 is 0 Å². The van der Waals surface area contributed by atoms with Gasteiger partial charge in [-0.2, -0.15) is 0 Å². The molecule has 1 aromatic heterocycles.